The van der Waals surface area contributed by atoms with Crippen molar-refractivity contribution < 1.29 is 49.0 Å². The smallest absolute Gasteiger partial charge is 1.00 e. The van der Waals surface area contributed by atoms with Crippen LogP contribution in [0.15, 0.2) is 59.7 Å². The van der Waals surface area contributed by atoms with Gasteiger partial charge in [0.2, 0.25) is 0 Å². The zero-order valence-electron chi connectivity index (χ0n) is 27.6. The number of rotatable bonds is 2. The first-order valence-corrected chi connectivity index (χ1v) is 16.7. The largest absolute Gasteiger partial charge is 1.00 e. The molecule has 3 aliphatic carbocycles. The van der Waals surface area contributed by atoms with E-state index in [4.69, 9.17) is 0 Å². The van der Waals surface area contributed by atoms with Gasteiger partial charge in [-0.05, 0) is 36.1 Å². The second-order valence-corrected chi connectivity index (χ2v) is 14.0. The number of fused-ring (bicyclic) bond motifs is 5. The molecule has 3 heteroatoms. The Labute approximate surface area is 283 Å². The molecule has 0 amide bonds. The molecule has 3 aliphatic rings. The molecule has 6 rings (SSSR count). The van der Waals surface area contributed by atoms with Crippen molar-refractivity contribution >= 4 is 36.9 Å². The Morgan fingerprint density at radius 1 is 0.810 bits per heavy atom. The molecule has 0 N–H and O–H groups in total. The van der Waals surface area contributed by atoms with Gasteiger partial charge in [0.15, 0.2) is 0 Å². The summed E-state index contributed by atoms with van der Waals surface area (Å²) in [5.41, 5.74) is 12.2. The molecule has 3 aromatic rings. The van der Waals surface area contributed by atoms with Gasteiger partial charge in [0.05, 0.1) is 0 Å². The van der Waals surface area contributed by atoms with Gasteiger partial charge in [0.1, 0.15) is 0 Å². The SMILES string of the molecule is CC1=CC(C)(C)c2cc3[cH-]c4cc5c(cc4c3cc21)C(C)=CC5(C)C.CCC1=[C-]C(CC)C=C1C(C)(C)C.[CH2]=[Zr+2].[Cl-].[Cl-]. The monoisotopic (exact) mass is 676 g/mol. The molecule has 0 spiro atoms. The zero-order valence-corrected chi connectivity index (χ0v) is 31.5. The maximum absolute atomic E-state index is 3.57. The summed E-state index contributed by atoms with van der Waals surface area (Å²) in [6, 6.07) is 12.1. The summed E-state index contributed by atoms with van der Waals surface area (Å²) >= 11 is 1.30. The van der Waals surface area contributed by atoms with E-state index in [-0.39, 0.29) is 35.6 Å². The summed E-state index contributed by atoms with van der Waals surface area (Å²) in [7, 11) is 0. The van der Waals surface area contributed by atoms with Gasteiger partial charge in [-0.1, -0.05) is 122 Å². The minimum atomic E-state index is 0. The van der Waals surface area contributed by atoms with Gasteiger partial charge in [-0.2, -0.15) is 11.6 Å². The fourth-order valence-electron chi connectivity index (χ4n) is 7.08. The van der Waals surface area contributed by atoms with E-state index in [1.54, 1.807) is 0 Å². The standard InChI is InChI=1S/C25H25.C13H21.CH2.2ClH.Zr/c1-14-12-24(3,4)22-8-16-7-17-9-23-19(15(2)13-25(23,5)6)11-21(17)20(16)10-18(14)22;1-6-10-8-11(7-2)12(9-10)13(3,4)5;;;;/h7-13H,1-6H3;9-10H,6-7H2,1-5H3;1H2;2*1H;/q2*-1;;;;+2/p-2. The van der Waals surface area contributed by atoms with E-state index in [0.717, 1.165) is 6.42 Å². The van der Waals surface area contributed by atoms with Crippen LogP contribution < -0.4 is 24.8 Å². The van der Waals surface area contributed by atoms with E-state index in [1.807, 2.05) is 0 Å². The molecule has 0 heterocycles. The Balaban J connectivity index is 0.000000312. The molecule has 224 valence electrons. The molecular formula is C39H48Cl2Zr-2. The minimum Gasteiger partial charge on any atom is -1.00 e. The molecule has 1 unspecified atom stereocenters. The van der Waals surface area contributed by atoms with Gasteiger partial charge in [-0.15, -0.1) is 39.7 Å². The van der Waals surface area contributed by atoms with Gasteiger partial charge >= 0.3 is 28.4 Å². The topological polar surface area (TPSA) is 0 Å². The number of allylic oxidation sites excluding steroid dienone is 8. The maximum atomic E-state index is 3.57. The van der Waals surface area contributed by atoms with Crippen LogP contribution in [0.3, 0.4) is 0 Å². The molecule has 0 aliphatic heterocycles. The fraction of sp³-hybridized carbons (Fsp3) is 0.436. The first-order chi connectivity index (χ1) is 18.7. The molecule has 0 saturated heterocycles. The van der Waals surface area contributed by atoms with Crippen LogP contribution in [-0.2, 0) is 35.1 Å². The van der Waals surface area contributed by atoms with Crippen LogP contribution in [0.25, 0.3) is 32.7 Å². The molecule has 1 atom stereocenters. The van der Waals surface area contributed by atoms with E-state index in [2.05, 4.69) is 135 Å². The Kier molecular flexibility index (Phi) is 11.7. The third kappa shape index (κ3) is 6.65. The average Bonchev–Trinajstić information content (AvgIpc) is 3.59. The summed E-state index contributed by atoms with van der Waals surface area (Å²) in [5, 5.41) is 5.57. The van der Waals surface area contributed by atoms with Crippen LogP contribution >= 0.6 is 0 Å². The van der Waals surface area contributed by atoms with E-state index in [0.29, 0.717) is 11.3 Å². The summed E-state index contributed by atoms with van der Waals surface area (Å²) in [6.45, 7) is 25.1. The van der Waals surface area contributed by atoms with E-state index in [9.17, 15) is 0 Å². The summed E-state index contributed by atoms with van der Waals surface area (Å²) in [6.07, 6.45) is 13.1. The van der Waals surface area contributed by atoms with Gasteiger partial charge < -0.3 is 24.8 Å². The number of hydrogen-bond acceptors (Lipinski definition) is 0. The second-order valence-electron chi connectivity index (χ2n) is 14.0. The quantitative estimate of drug-likeness (QED) is 0.327. The van der Waals surface area contributed by atoms with Gasteiger partial charge in [0, 0.05) is 10.8 Å². The molecule has 0 nitrogen and oxygen atoms in total. The Morgan fingerprint density at radius 3 is 1.57 bits per heavy atom. The van der Waals surface area contributed by atoms with Crippen LogP contribution in [-0.4, -0.2) is 4.21 Å². The molecule has 0 bridgehead atoms. The van der Waals surface area contributed by atoms with Crippen molar-refractivity contribution in [3.05, 3.63) is 88.0 Å². The van der Waals surface area contributed by atoms with Crippen molar-refractivity contribution in [1.29, 1.82) is 0 Å². The summed E-state index contributed by atoms with van der Waals surface area (Å²) < 4.78 is 3.34. The van der Waals surface area contributed by atoms with Crippen LogP contribution in [0.4, 0.5) is 0 Å². The van der Waals surface area contributed by atoms with Crippen molar-refractivity contribution in [3.63, 3.8) is 0 Å². The number of halogens is 2. The van der Waals surface area contributed by atoms with E-state index >= 15 is 0 Å². The minimum absolute atomic E-state index is 0. The second kappa shape index (κ2) is 13.3. The predicted octanol–water partition coefficient (Wildman–Crippen LogP) is 5.21. The van der Waals surface area contributed by atoms with Gasteiger partial charge in [-0.25, -0.2) is 5.57 Å². The van der Waals surface area contributed by atoms with Crippen LogP contribution in [0.5, 0.6) is 0 Å². The number of benzene rings is 2. The molecule has 0 aromatic heterocycles. The summed E-state index contributed by atoms with van der Waals surface area (Å²) in [4.78, 5) is 0. The third-order valence-electron chi connectivity index (χ3n) is 9.03. The zero-order chi connectivity index (χ0) is 29.8. The fourth-order valence-corrected chi connectivity index (χ4v) is 7.08. The first-order valence-electron chi connectivity index (χ1n) is 15.0. The van der Waals surface area contributed by atoms with Crippen molar-refractivity contribution in [3.8, 4) is 0 Å². The first kappa shape index (κ1) is 36.8. The van der Waals surface area contributed by atoms with Crippen LogP contribution in [0.1, 0.15) is 111 Å². The predicted molar refractivity (Wildman–Crippen MR) is 176 cm³/mol. The van der Waals surface area contributed by atoms with Crippen molar-refractivity contribution in [2.24, 2.45) is 11.3 Å². The van der Waals surface area contributed by atoms with Crippen LogP contribution in [0.2, 0.25) is 0 Å². The number of hydrogen-bond donors (Lipinski definition) is 0. The van der Waals surface area contributed by atoms with Gasteiger partial charge in [-0.3, -0.25) is 6.08 Å². The normalized spacial score (nSPS) is 19.1. The molecule has 0 saturated carbocycles. The van der Waals surface area contributed by atoms with Crippen LogP contribution in [0, 0.1) is 17.4 Å². The summed E-state index contributed by atoms with van der Waals surface area (Å²) in [5.74, 6) is 0.573. The van der Waals surface area contributed by atoms with Crippen molar-refractivity contribution in [2.45, 2.75) is 99.8 Å². The molecule has 3 aromatic carbocycles. The third-order valence-corrected chi connectivity index (χ3v) is 9.03. The molecule has 0 fully saturated rings. The molecule has 0 radical (unpaired) electrons. The molecular weight excluding hydrogens is 631 g/mol. The molecule has 42 heavy (non-hydrogen) atoms. The Morgan fingerprint density at radius 2 is 1.24 bits per heavy atom. The van der Waals surface area contributed by atoms with Crippen molar-refractivity contribution in [2.75, 3.05) is 0 Å². The van der Waals surface area contributed by atoms with Crippen molar-refractivity contribution in [1.82, 2.24) is 0 Å². The Hall–Kier alpha value is -1.40. The average molecular weight is 679 g/mol. The maximum Gasteiger partial charge on any atom is -1.00 e. The van der Waals surface area contributed by atoms with Gasteiger partial charge in [0.25, 0.3) is 0 Å². The van der Waals surface area contributed by atoms with E-state index < -0.39 is 0 Å². The van der Waals surface area contributed by atoms with E-state index in [1.165, 1.54) is 96.7 Å². The Bertz CT molecular complexity index is 1500.